The van der Waals surface area contributed by atoms with Crippen LogP contribution in [0.25, 0.3) is 22.0 Å². The third-order valence-corrected chi connectivity index (χ3v) is 8.68. The van der Waals surface area contributed by atoms with Crippen molar-refractivity contribution < 1.29 is 19.0 Å². The first-order chi connectivity index (χ1) is 19.6. The third kappa shape index (κ3) is 5.62. The number of aromatic nitrogens is 1. The van der Waals surface area contributed by atoms with Gasteiger partial charge in [-0.1, -0.05) is 51.7 Å². The zero-order chi connectivity index (χ0) is 27.5. The molecule has 40 heavy (non-hydrogen) atoms. The van der Waals surface area contributed by atoms with Crippen molar-refractivity contribution in [3.05, 3.63) is 48.0 Å². The molecule has 0 aliphatic carbocycles. The van der Waals surface area contributed by atoms with Crippen molar-refractivity contribution in [3.63, 3.8) is 0 Å². The Kier molecular flexibility index (Phi) is 8.10. The highest BCUT2D eigenvalue weighted by molar-refractivity contribution is 6.08. The Morgan fingerprint density at radius 1 is 1.00 bits per heavy atom. The molecular formula is C33H41N3O4. The van der Waals surface area contributed by atoms with Crippen LogP contribution in [0.2, 0.25) is 0 Å². The molecule has 7 nitrogen and oxygen atoms in total. The first-order valence-electron chi connectivity index (χ1n) is 15.1. The number of morpholine rings is 1. The average Bonchev–Trinajstić information content (AvgIpc) is 3.66. The molecule has 0 N–H and O–H groups in total. The molecule has 0 radical (unpaired) electrons. The van der Waals surface area contributed by atoms with Gasteiger partial charge in [0.25, 0.3) is 5.91 Å². The molecule has 0 bridgehead atoms. The SMILES string of the molecule is CCCCC[C@@H](C)C[C@@H]1CCCN1C(=O)c1cc(N2CCOCC2)nc2ccc(-c3ccc4c(c3)OCO4)cc12. The predicted molar refractivity (Wildman–Crippen MR) is 158 cm³/mol. The fourth-order valence-corrected chi connectivity index (χ4v) is 6.43. The van der Waals surface area contributed by atoms with E-state index in [0.29, 0.717) is 25.2 Å². The summed E-state index contributed by atoms with van der Waals surface area (Å²) in [5.41, 5.74) is 3.66. The summed E-state index contributed by atoms with van der Waals surface area (Å²) in [5, 5.41) is 0.902. The predicted octanol–water partition coefficient (Wildman–Crippen LogP) is 6.68. The van der Waals surface area contributed by atoms with Gasteiger partial charge in [-0.3, -0.25) is 4.79 Å². The molecule has 4 heterocycles. The van der Waals surface area contributed by atoms with Gasteiger partial charge in [0.05, 0.1) is 24.3 Å². The molecule has 3 aliphatic heterocycles. The van der Waals surface area contributed by atoms with E-state index < -0.39 is 0 Å². The van der Waals surface area contributed by atoms with Crippen molar-refractivity contribution in [2.45, 2.75) is 64.8 Å². The summed E-state index contributed by atoms with van der Waals surface area (Å²) >= 11 is 0. The minimum Gasteiger partial charge on any atom is -0.454 e. The Hall–Kier alpha value is -3.32. The van der Waals surface area contributed by atoms with Gasteiger partial charge in [-0.15, -0.1) is 0 Å². The van der Waals surface area contributed by atoms with Crippen molar-refractivity contribution in [2.24, 2.45) is 5.92 Å². The second-order valence-corrected chi connectivity index (χ2v) is 11.6. The Morgan fingerprint density at radius 3 is 2.65 bits per heavy atom. The van der Waals surface area contributed by atoms with Gasteiger partial charge in [-0.05, 0) is 66.6 Å². The fraction of sp³-hybridized carbons (Fsp3) is 0.515. The molecule has 2 aromatic carbocycles. The van der Waals surface area contributed by atoms with Gasteiger partial charge in [0.2, 0.25) is 6.79 Å². The van der Waals surface area contributed by atoms with E-state index in [-0.39, 0.29) is 12.7 Å². The number of benzene rings is 2. The van der Waals surface area contributed by atoms with Gasteiger partial charge in [0, 0.05) is 31.1 Å². The van der Waals surface area contributed by atoms with Crippen LogP contribution in [0.3, 0.4) is 0 Å². The van der Waals surface area contributed by atoms with E-state index in [1.54, 1.807) is 0 Å². The summed E-state index contributed by atoms with van der Waals surface area (Å²) in [6, 6.07) is 14.6. The number of hydrogen-bond donors (Lipinski definition) is 0. The van der Waals surface area contributed by atoms with Crippen LogP contribution in [0.4, 0.5) is 5.82 Å². The van der Waals surface area contributed by atoms with E-state index in [1.165, 1.54) is 25.7 Å². The smallest absolute Gasteiger partial charge is 0.254 e. The van der Waals surface area contributed by atoms with Crippen molar-refractivity contribution in [1.29, 1.82) is 0 Å². The molecule has 0 spiro atoms. The lowest BCUT2D eigenvalue weighted by molar-refractivity contribution is 0.0720. The molecule has 3 aliphatic rings. The molecule has 2 fully saturated rings. The first-order valence-corrected chi connectivity index (χ1v) is 15.1. The summed E-state index contributed by atoms with van der Waals surface area (Å²) in [6.07, 6.45) is 8.29. The third-order valence-electron chi connectivity index (χ3n) is 8.68. The maximum absolute atomic E-state index is 14.4. The van der Waals surface area contributed by atoms with E-state index in [4.69, 9.17) is 19.2 Å². The molecule has 3 aromatic rings. The highest BCUT2D eigenvalue weighted by atomic mass is 16.7. The Labute approximate surface area is 237 Å². The monoisotopic (exact) mass is 543 g/mol. The number of amides is 1. The van der Waals surface area contributed by atoms with Gasteiger partial charge in [0.15, 0.2) is 11.5 Å². The number of nitrogens with zero attached hydrogens (tertiary/aromatic N) is 3. The molecule has 1 amide bonds. The fourth-order valence-electron chi connectivity index (χ4n) is 6.43. The highest BCUT2D eigenvalue weighted by Gasteiger charge is 2.32. The molecule has 212 valence electrons. The lowest BCUT2D eigenvalue weighted by atomic mass is 9.94. The van der Waals surface area contributed by atoms with Gasteiger partial charge < -0.3 is 24.0 Å². The molecule has 2 saturated heterocycles. The van der Waals surface area contributed by atoms with Gasteiger partial charge in [-0.2, -0.15) is 0 Å². The van der Waals surface area contributed by atoms with Crippen LogP contribution in [-0.2, 0) is 4.74 Å². The largest absolute Gasteiger partial charge is 0.454 e. The maximum Gasteiger partial charge on any atom is 0.254 e. The maximum atomic E-state index is 14.4. The summed E-state index contributed by atoms with van der Waals surface area (Å²) in [5.74, 6) is 3.14. The van der Waals surface area contributed by atoms with E-state index >= 15 is 0 Å². The molecular weight excluding hydrogens is 502 g/mol. The standard InChI is InChI=1S/C33H41N3O4/c1-3-4-5-7-23(2)18-26-8-6-13-36(26)33(37)28-21-32(35-14-16-38-17-15-35)34-29-11-9-24(19-27(28)29)25-10-12-30-31(20-25)40-22-39-30/h9-12,19-21,23,26H,3-8,13-18,22H2,1-2H3/t23-,26+/m1/s1. The minimum absolute atomic E-state index is 0.132. The van der Waals surface area contributed by atoms with Crippen LogP contribution in [0.15, 0.2) is 42.5 Å². The molecule has 2 atom stereocenters. The number of ether oxygens (including phenoxy) is 3. The number of hydrogen-bond acceptors (Lipinski definition) is 6. The number of unbranched alkanes of at least 4 members (excludes halogenated alkanes) is 2. The van der Waals surface area contributed by atoms with Crippen molar-refractivity contribution in [1.82, 2.24) is 9.88 Å². The Bertz CT molecular complexity index is 1350. The van der Waals surface area contributed by atoms with Crippen LogP contribution >= 0.6 is 0 Å². The Balaban J connectivity index is 1.35. The van der Waals surface area contributed by atoms with Crippen molar-refractivity contribution in [2.75, 3.05) is 44.5 Å². The normalized spacial score (nSPS) is 19.4. The number of pyridine rings is 1. The quantitative estimate of drug-likeness (QED) is 0.281. The summed E-state index contributed by atoms with van der Waals surface area (Å²) in [7, 11) is 0. The van der Waals surface area contributed by atoms with E-state index in [9.17, 15) is 4.79 Å². The molecule has 0 saturated carbocycles. The zero-order valence-electron chi connectivity index (χ0n) is 23.9. The zero-order valence-corrected chi connectivity index (χ0v) is 23.9. The number of likely N-dealkylation sites (tertiary alicyclic amines) is 1. The molecule has 0 unspecified atom stereocenters. The summed E-state index contributed by atoms with van der Waals surface area (Å²) in [4.78, 5) is 23.8. The number of anilines is 1. The van der Waals surface area contributed by atoms with Crippen LogP contribution in [-0.4, -0.2) is 61.5 Å². The van der Waals surface area contributed by atoms with E-state index in [2.05, 4.69) is 35.8 Å². The van der Waals surface area contributed by atoms with Crippen LogP contribution in [0, 0.1) is 5.92 Å². The first kappa shape index (κ1) is 26.9. The minimum atomic E-state index is 0.132. The van der Waals surface area contributed by atoms with Crippen LogP contribution < -0.4 is 14.4 Å². The van der Waals surface area contributed by atoms with E-state index in [0.717, 1.165) is 83.8 Å². The second kappa shape index (κ2) is 12.0. The molecule has 6 rings (SSSR count). The van der Waals surface area contributed by atoms with Crippen molar-refractivity contribution in [3.8, 4) is 22.6 Å². The average molecular weight is 544 g/mol. The molecule has 1 aromatic heterocycles. The second-order valence-electron chi connectivity index (χ2n) is 11.6. The summed E-state index contributed by atoms with van der Waals surface area (Å²) in [6.45, 7) is 8.59. The number of fused-ring (bicyclic) bond motifs is 2. The topological polar surface area (TPSA) is 64.1 Å². The highest BCUT2D eigenvalue weighted by Crippen LogP contribution is 2.38. The van der Waals surface area contributed by atoms with Gasteiger partial charge in [-0.25, -0.2) is 4.98 Å². The van der Waals surface area contributed by atoms with Crippen LogP contribution in [0.1, 0.15) is 69.2 Å². The van der Waals surface area contributed by atoms with Crippen LogP contribution in [0.5, 0.6) is 11.5 Å². The van der Waals surface area contributed by atoms with Gasteiger partial charge in [0.1, 0.15) is 5.82 Å². The number of carbonyl (C=O) groups excluding carboxylic acids is 1. The number of rotatable bonds is 9. The van der Waals surface area contributed by atoms with Crippen molar-refractivity contribution >= 4 is 22.6 Å². The Morgan fingerprint density at radius 2 is 1.80 bits per heavy atom. The number of carbonyl (C=O) groups is 1. The summed E-state index contributed by atoms with van der Waals surface area (Å²) < 4.78 is 16.7. The van der Waals surface area contributed by atoms with Gasteiger partial charge >= 0.3 is 0 Å². The van der Waals surface area contributed by atoms with E-state index in [1.807, 2.05) is 30.3 Å². The lowest BCUT2D eigenvalue weighted by Crippen LogP contribution is -2.38. The molecule has 7 heteroatoms. The lowest BCUT2D eigenvalue weighted by Gasteiger charge is -2.30.